The average Bonchev–Trinajstić information content (AvgIpc) is 3.47. The molecule has 0 spiro atoms. The van der Waals surface area contributed by atoms with Crippen LogP contribution in [-0.2, 0) is 33.1 Å². The fraction of sp³-hybridized carbons (Fsp3) is 0.370. The molecule has 2 amide bonds. The Kier molecular flexibility index (Phi) is 18.4. The number of carbonyl (C=O) groups is 2. The SMILES string of the molecule is COc1ccc(CN(Cc2ccc(OC)cc2OC)S(=O)(=O)c2cc(N(C(=O)c3cc(Cl)c(C)nc3N3CCCC(F)(F)CC3)N(C(=O)c3cc(Cl)c(C)nc3N3CCCC(F)(F)CC3)c3ccnc(S(N)(=O)=O)c3)ccn2)c(OC)c1. The molecule has 2 aromatic carbocycles. The highest BCUT2D eigenvalue weighted by molar-refractivity contribution is 7.89. The number of carbonyl (C=O) groups excluding carboxylic acids is 2. The second kappa shape index (κ2) is 24.8. The number of sulfonamides is 2. The zero-order chi connectivity index (χ0) is 59.5. The first-order valence-electron chi connectivity index (χ1n) is 25.4. The molecule has 0 unspecified atom stereocenters. The molecule has 0 atom stereocenters. The number of halogens is 6. The molecule has 2 fully saturated rings. The minimum atomic E-state index is -4.92. The number of benzene rings is 2. The predicted octanol–water partition coefficient (Wildman–Crippen LogP) is 9.42. The average molecular weight is 1220 g/mol. The minimum absolute atomic E-state index is 0.0178. The summed E-state index contributed by atoms with van der Waals surface area (Å²) in [5.74, 6) is -7.55. The molecule has 0 saturated carbocycles. The van der Waals surface area contributed by atoms with E-state index < -0.39 is 102 Å². The summed E-state index contributed by atoms with van der Waals surface area (Å²) in [6.45, 7) is 1.64. The minimum Gasteiger partial charge on any atom is -0.497 e. The number of pyridine rings is 4. The van der Waals surface area contributed by atoms with Crippen LogP contribution in [0.4, 0.5) is 40.6 Å². The van der Waals surface area contributed by atoms with Gasteiger partial charge in [0.05, 0.1) is 72.4 Å². The Labute approximate surface area is 481 Å². The maximum absolute atomic E-state index is 16.3. The Morgan fingerprint density at radius 2 is 1.01 bits per heavy atom. The molecule has 2 aliphatic heterocycles. The number of hydrogen-bond acceptors (Lipinski definition) is 16. The molecule has 2 aliphatic rings. The van der Waals surface area contributed by atoms with Crippen LogP contribution in [0.3, 0.4) is 0 Å². The first-order valence-corrected chi connectivity index (χ1v) is 29.2. The van der Waals surface area contributed by atoms with E-state index in [1.165, 1.54) is 70.3 Å². The number of rotatable bonds is 17. The van der Waals surface area contributed by atoms with Gasteiger partial charge < -0.3 is 28.7 Å². The topological polar surface area (TPSA) is 233 Å². The normalized spacial score (nSPS) is 15.5. The zero-order valence-corrected chi connectivity index (χ0v) is 48.5. The lowest BCUT2D eigenvalue weighted by Gasteiger charge is -2.37. The molecule has 2 N–H and O–H groups in total. The molecule has 0 aliphatic carbocycles. The third kappa shape index (κ3) is 13.5. The molecule has 82 heavy (non-hydrogen) atoms. The number of amides is 2. The van der Waals surface area contributed by atoms with Crippen molar-refractivity contribution < 1.29 is 62.9 Å². The van der Waals surface area contributed by atoms with Gasteiger partial charge >= 0.3 is 0 Å². The zero-order valence-electron chi connectivity index (χ0n) is 45.3. The van der Waals surface area contributed by atoms with Crippen LogP contribution in [0.25, 0.3) is 0 Å². The van der Waals surface area contributed by atoms with Gasteiger partial charge in [-0.1, -0.05) is 35.3 Å². The monoisotopic (exact) mass is 1220 g/mol. The third-order valence-electron chi connectivity index (χ3n) is 13.8. The number of nitrogens with two attached hydrogens (primary N) is 1. The number of aryl methyl sites for hydroxylation is 2. The van der Waals surface area contributed by atoms with Crippen molar-refractivity contribution in [3.8, 4) is 23.0 Å². The maximum atomic E-state index is 16.3. The van der Waals surface area contributed by atoms with Crippen molar-refractivity contribution in [2.75, 3.05) is 74.4 Å². The standard InChI is InChI=1S/C54H58Cl2F4N10O10S2/c1-33-43(55)29-41(49(64-33)66-21-7-15-53(57,58)17-23-66)51(71)69(37-13-19-62-47(25-37)81(61,73)74)70(52(72)42-30-44(56)34(2)65-50(42)67-22-8-16-54(59,60)18-24-67)38-14-20-63-48(26-38)82(75,76)68(31-35-9-11-39(77-3)27-45(35)79-5)32-36-10-12-40(78-4)28-46(36)80-6/h9-14,19-20,25-30H,7-8,15-18,21-24,31-32H2,1-6H3,(H2,61,73,74). The van der Waals surface area contributed by atoms with E-state index in [2.05, 4.69) is 19.9 Å². The van der Waals surface area contributed by atoms with Crippen LogP contribution in [0.2, 0.25) is 10.0 Å². The summed E-state index contributed by atoms with van der Waals surface area (Å²) in [4.78, 5) is 52.9. The Morgan fingerprint density at radius 1 is 0.598 bits per heavy atom. The van der Waals surface area contributed by atoms with E-state index in [0.717, 1.165) is 34.9 Å². The molecular formula is C54H58Cl2F4N10O10S2. The molecule has 6 heterocycles. The highest BCUT2D eigenvalue weighted by atomic mass is 35.5. The van der Waals surface area contributed by atoms with E-state index in [0.29, 0.717) is 32.6 Å². The van der Waals surface area contributed by atoms with Gasteiger partial charge in [-0.3, -0.25) is 9.59 Å². The van der Waals surface area contributed by atoms with Gasteiger partial charge in [0.15, 0.2) is 10.1 Å². The molecule has 6 aromatic rings. The van der Waals surface area contributed by atoms with Gasteiger partial charge in [0, 0.05) is 113 Å². The number of aromatic nitrogens is 4. The molecule has 2 saturated heterocycles. The van der Waals surface area contributed by atoms with Crippen molar-refractivity contribution in [3.63, 3.8) is 0 Å². The van der Waals surface area contributed by atoms with Crippen molar-refractivity contribution >= 4 is 78.1 Å². The van der Waals surface area contributed by atoms with Gasteiger partial charge in [0.2, 0.25) is 11.8 Å². The van der Waals surface area contributed by atoms with Crippen LogP contribution in [-0.4, -0.2) is 119 Å². The first-order chi connectivity index (χ1) is 38.8. The van der Waals surface area contributed by atoms with Gasteiger partial charge in [-0.2, -0.15) is 4.31 Å². The van der Waals surface area contributed by atoms with E-state index in [1.54, 1.807) is 36.4 Å². The molecule has 20 nitrogen and oxygen atoms in total. The number of hydrazine groups is 1. The fourth-order valence-corrected chi connectivity index (χ4v) is 11.6. The van der Waals surface area contributed by atoms with Gasteiger partial charge in [0.1, 0.15) is 34.6 Å². The van der Waals surface area contributed by atoms with Crippen molar-refractivity contribution in [1.82, 2.24) is 24.2 Å². The summed E-state index contributed by atoms with van der Waals surface area (Å²) in [6, 6.07) is 16.1. The van der Waals surface area contributed by atoms with E-state index in [1.807, 2.05) is 0 Å². The predicted molar refractivity (Wildman–Crippen MR) is 299 cm³/mol. The second-order valence-corrected chi connectivity index (χ2v) is 23.6. The van der Waals surface area contributed by atoms with Crippen LogP contribution in [0, 0.1) is 13.8 Å². The second-order valence-electron chi connectivity index (χ2n) is 19.4. The summed E-state index contributed by atoms with van der Waals surface area (Å²) in [7, 11) is -3.94. The Balaban J connectivity index is 1.40. The van der Waals surface area contributed by atoms with Crippen LogP contribution in [0.5, 0.6) is 23.0 Å². The van der Waals surface area contributed by atoms with Gasteiger partial charge in [-0.25, -0.2) is 69.5 Å². The Bertz CT molecular complexity index is 3570. The highest BCUT2D eigenvalue weighted by Crippen LogP contribution is 2.39. The summed E-state index contributed by atoms with van der Waals surface area (Å²) in [6.07, 6.45) is -0.270. The lowest BCUT2D eigenvalue weighted by molar-refractivity contribution is -0.0109. The molecular weight excluding hydrogens is 1160 g/mol. The van der Waals surface area contributed by atoms with Crippen LogP contribution in [0.15, 0.2) is 95.2 Å². The number of nitrogens with zero attached hydrogens (tertiary/aromatic N) is 9. The van der Waals surface area contributed by atoms with Crippen LogP contribution >= 0.6 is 23.2 Å². The first kappa shape index (κ1) is 61.0. The lowest BCUT2D eigenvalue weighted by Crippen LogP contribution is -2.52. The number of methoxy groups -OCH3 is 4. The van der Waals surface area contributed by atoms with E-state index in [9.17, 15) is 17.2 Å². The fourth-order valence-electron chi connectivity index (χ4n) is 9.42. The number of anilines is 4. The van der Waals surface area contributed by atoms with Gasteiger partial charge in [0.25, 0.3) is 31.9 Å². The van der Waals surface area contributed by atoms with Crippen molar-refractivity contribution in [2.24, 2.45) is 5.14 Å². The largest absolute Gasteiger partial charge is 0.497 e. The van der Waals surface area contributed by atoms with Gasteiger partial charge in [-0.05, 0) is 63.1 Å². The van der Waals surface area contributed by atoms with E-state index in [4.69, 9.17) is 47.3 Å². The summed E-state index contributed by atoms with van der Waals surface area (Å²) in [5, 5.41) is 5.32. The molecule has 28 heteroatoms. The van der Waals surface area contributed by atoms with Crippen molar-refractivity contribution in [1.29, 1.82) is 0 Å². The Morgan fingerprint density at radius 3 is 1.41 bits per heavy atom. The van der Waals surface area contributed by atoms with E-state index in [-0.39, 0.29) is 96.7 Å². The van der Waals surface area contributed by atoms with Crippen LogP contribution < -0.4 is 43.9 Å². The highest BCUT2D eigenvalue weighted by Gasteiger charge is 2.41. The lowest BCUT2D eigenvalue weighted by atomic mass is 10.1. The van der Waals surface area contributed by atoms with Crippen molar-refractivity contribution in [2.45, 2.75) is 87.4 Å². The smallest absolute Gasteiger partial charge is 0.281 e. The molecule has 0 radical (unpaired) electrons. The summed E-state index contributed by atoms with van der Waals surface area (Å²) < 4.78 is 141. The summed E-state index contributed by atoms with van der Waals surface area (Å²) in [5.41, 5.74) is -0.558. The van der Waals surface area contributed by atoms with E-state index >= 15 is 26.8 Å². The molecule has 8 rings (SSSR count). The number of alkyl halides is 4. The van der Waals surface area contributed by atoms with Crippen molar-refractivity contribution in [3.05, 3.63) is 129 Å². The third-order valence-corrected chi connectivity index (χ3v) is 17.1. The molecule has 0 bridgehead atoms. The summed E-state index contributed by atoms with van der Waals surface area (Å²) >= 11 is 13.5. The molecule has 4 aromatic heterocycles. The van der Waals surface area contributed by atoms with Gasteiger partial charge in [-0.15, -0.1) is 0 Å². The number of ether oxygens (including phenoxy) is 4. The number of hydrogen-bond donors (Lipinski definition) is 1. The molecule has 438 valence electrons. The Hall–Kier alpha value is -7.10. The number of primary sulfonamides is 1. The maximum Gasteiger partial charge on any atom is 0.281 e. The quantitative estimate of drug-likeness (QED) is 0.0661. The van der Waals surface area contributed by atoms with Crippen LogP contribution in [0.1, 0.15) is 81.8 Å².